The highest BCUT2D eigenvalue weighted by molar-refractivity contribution is 5.89. The molecule has 0 saturated heterocycles. The van der Waals surface area contributed by atoms with Gasteiger partial charge < -0.3 is 4.74 Å². The van der Waals surface area contributed by atoms with Gasteiger partial charge in [-0.25, -0.2) is 4.79 Å². The molecule has 0 radical (unpaired) electrons. The molecule has 0 saturated carbocycles. The molecule has 0 aliphatic rings. The molecule has 0 bridgehead atoms. The van der Waals surface area contributed by atoms with Crippen LogP contribution in [0.25, 0.3) is 0 Å². The van der Waals surface area contributed by atoms with Crippen LogP contribution < -0.4 is 4.74 Å². The van der Waals surface area contributed by atoms with E-state index < -0.39 is 5.97 Å². The van der Waals surface area contributed by atoms with E-state index in [4.69, 9.17) is 9.62 Å². The standard InChI is InChI=1S/C13H18O4/c1-4-9-15-17-13(14)11-5-7-12(8-6-11)16-10(2)3/h5-8,10H,4,9H2,1-3H3. The van der Waals surface area contributed by atoms with Crippen LogP contribution in [0.1, 0.15) is 37.6 Å². The molecule has 0 atom stereocenters. The van der Waals surface area contributed by atoms with Crippen molar-refractivity contribution in [1.29, 1.82) is 0 Å². The van der Waals surface area contributed by atoms with Crippen molar-refractivity contribution in [2.75, 3.05) is 6.61 Å². The first-order valence-electron chi connectivity index (χ1n) is 5.74. The van der Waals surface area contributed by atoms with Gasteiger partial charge in [0.05, 0.1) is 18.3 Å². The summed E-state index contributed by atoms with van der Waals surface area (Å²) in [7, 11) is 0. The Balaban J connectivity index is 2.52. The van der Waals surface area contributed by atoms with Crippen molar-refractivity contribution in [2.24, 2.45) is 0 Å². The van der Waals surface area contributed by atoms with Gasteiger partial charge in [-0.3, -0.25) is 4.89 Å². The quantitative estimate of drug-likeness (QED) is 0.434. The third-order valence-corrected chi connectivity index (χ3v) is 1.88. The second-order valence-electron chi connectivity index (χ2n) is 3.88. The van der Waals surface area contributed by atoms with Gasteiger partial charge in [0.15, 0.2) is 0 Å². The van der Waals surface area contributed by atoms with Crippen molar-refractivity contribution in [1.82, 2.24) is 0 Å². The number of hydrogen-bond acceptors (Lipinski definition) is 4. The Morgan fingerprint density at radius 3 is 2.41 bits per heavy atom. The average molecular weight is 238 g/mol. The van der Waals surface area contributed by atoms with Crippen molar-refractivity contribution in [3.8, 4) is 5.75 Å². The van der Waals surface area contributed by atoms with E-state index in [9.17, 15) is 4.79 Å². The van der Waals surface area contributed by atoms with Crippen molar-refractivity contribution in [3.63, 3.8) is 0 Å². The number of rotatable bonds is 6. The zero-order chi connectivity index (χ0) is 12.7. The van der Waals surface area contributed by atoms with Crippen LogP contribution in [0, 0.1) is 0 Å². The van der Waals surface area contributed by atoms with Crippen molar-refractivity contribution < 1.29 is 19.3 Å². The Labute approximate surface area is 101 Å². The number of hydrogen-bond donors (Lipinski definition) is 0. The van der Waals surface area contributed by atoms with E-state index in [1.807, 2.05) is 20.8 Å². The van der Waals surface area contributed by atoms with Crippen LogP contribution >= 0.6 is 0 Å². The minimum Gasteiger partial charge on any atom is -0.491 e. The van der Waals surface area contributed by atoms with Crippen LogP contribution in [0.4, 0.5) is 0 Å². The second-order valence-corrected chi connectivity index (χ2v) is 3.88. The maximum absolute atomic E-state index is 11.5. The first kappa shape index (κ1) is 13.5. The van der Waals surface area contributed by atoms with Crippen LogP contribution in [0.5, 0.6) is 5.75 Å². The van der Waals surface area contributed by atoms with Gasteiger partial charge in [0.25, 0.3) is 0 Å². The maximum Gasteiger partial charge on any atom is 0.373 e. The van der Waals surface area contributed by atoms with E-state index in [0.717, 1.165) is 12.2 Å². The molecule has 4 heteroatoms. The molecule has 0 unspecified atom stereocenters. The zero-order valence-corrected chi connectivity index (χ0v) is 10.4. The number of benzene rings is 1. The summed E-state index contributed by atoms with van der Waals surface area (Å²) in [6.45, 7) is 6.23. The minimum atomic E-state index is -0.491. The third-order valence-electron chi connectivity index (χ3n) is 1.88. The molecular formula is C13H18O4. The molecule has 94 valence electrons. The SMILES string of the molecule is CCCOOC(=O)c1ccc(OC(C)C)cc1. The van der Waals surface area contributed by atoms with Crippen LogP contribution in [-0.2, 0) is 9.78 Å². The fourth-order valence-corrected chi connectivity index (χ4v) is 1.17. The molecule has 1 aromatic carbocycles. The molecular weight excluding hydrogens is 220 g/mol. The molecule has 0 N–H and O–H groups in total. The summed E-state index contributed by atoms with van der Waals surface area (Å²) in [5.74, 6) is 0.237. The van der Waals surface area contributed by atoms with Gasteiger partial charge in [0.1, 0.15) is 5.75 Å². The van der Waals surface area contributed by atoms with Crippen LogP contribution in [0.2, 0.25) is 0 Å². The lowest BCUT2D eigenvalue weighted by molar-refractivity contribution is -0.240. The fourth-order valence-electron chi connectivity index (χ4n) is 1.17. The lowest BCUT2D eigenvalue weighted by Gasteiger charge is -2.09. The van der Waals surface area contributed by atoms with Gasteiger partial charge in [0.2, 0.25) is 0 Å². The largest absolute Gasteiger partial charge is 0.491 e. The fraction of sp³-hybridized carbons (Fsp3) is 0.462. The Hall–Kier alpha value is -1.55. The molecule has 0 aliphatic carbocycles. The zero-order valence-electron chi connectivity index (χ0n) is 10.4. The molecule has 0 heterocycles. The third kappa shape index (κ3) is 4.87. The predicted molar refractivity (Wildman–Crippen MR) is 63.9 cm³/mol. The summed E-state index contributed by atoms with van der Waals surface area (Å²) in [6, 6.07) is 6.76. The van der Waals surface area contributed by atoms with E-state index in [1.54, 1.807) is 24.3 Å². The minimum absolute atomic E-state index is 0.112. The van der Waals surface area contributed by atoms with Gasteiger partial charge in [-0.1, -0.05) is 6.92 Å². The van der Waals surface area contributed by atoms with Gasteiger partial charge in [0, 0.05) is 0 Å². The summed E-state index contributed by atoms with van der Waals surface area (Å²) < 4.78 is 5.46. The summed E-state index contributed by atoms with van der Waals surface area (Å²) in [4.78, 5) is 20.8. The first-order valence-corrected chi connectivity index (χ1v) is 5.74. The Morgan fingerprint density at radius 2 is 1.88 bits per heavy atom. The van der Waals surface area contributed by atoms with E-state index >= 15 is 0 Å². The van der Waals surface area contributed by atoms with E-state index in [2.05, 4.69) is 4.89 Å². The highest BCUT2D eigenvalue weighted by Crippen LogP contribution is 2.14. The lowest BCUT2D eigenvalue weighted by Crippen LogP contribution is -2.08. The molecule has 17 heavy (non-hydrogen) atoms. The van der Waals surface area contributed by atoms with Gasteiger partial charge >= 0.3 is 5.97 Å². The average Bonchev–Trinajstić information content (AvgIpc) is 2.29. The molecule has 0 spiro atoms. The Morgan fingerprint density at radius 1 is 1.24 bits per heavy atom. The lowest BCUT2D eigenvalue weighted by atomic mass is 10.2. The van der Waals surface area contributed by atoms with Crippen LogP contribution in [-0.4, -0.2) is 18.7 Å². The molecule has 0 amide bonds. The normalized spacial score (nSPS) is 10.4. The second kappa shape index (κ2) is 6.91. The van der Waals surface area contributed by atoms with E-state index in [0.29, 0.717) is 12.2 Å². The van der Waals surface area contributed by atoms with Crippen LogP contribution in [0.3, 0.4) is 0 Å². The van der Waals surface area contributed by atoms with E-state index in [-0.39, 0.29) is 6.10 Å². The smallest absolute Gasteiger partial charge is 0.373 e. The highest BCUT2D eigenvalue weighted by atomic mass is 17.2. The Kier molecular flexibility index (Phi) is 5.49. The molecule has 4 nitrogen and oxygen atoms in total. The van der Waals surface area contributed by atoms with Gasteiger partial charge in [-0.2, -0.15) is 4.89 Å². The van der Waals surface area contributed by atoms with E-state index in [1.165, 1.54) is 0 Å². The summed E-state index contributed by atoms with van der Waals surface area (Å²) in [5, 5.41) is 0. The first-order chi connectivity index (χ1) is 8.13. The number of carbonyl (C=O) groups excluding carboxylic acids is 1. The summed E-state index contributed by atoms with van der Waals surface area (Å²) in [6.07, 6.45) is 0.912. The monoisotopic (exact) mass is 238 g/mol. The molecule has 0 fully saturated rings. The number of carbonyl (C=O) groups is 1. The Bertz CT molecular complexity index is 343. The van der Waals surface area contributed by atoms with Crippen molar-refractivity contribution >= 4 is 5.97 Å². The van der Waals surface area contributed by atoms with Crippen molar-refractivity contribution in [3.05, 3.63) is 29.8 Å². The highest BCUT2D eigenvalue weighted by Gasteiger charge is 2.08. The summed E-state index contributed by atoms with van der Waals surface area (Å²) >= 11 is 0. The molecule has 0 aliphatic heterocycles. The molecule has 1 rings (SSSR count). The topological polar surface area (TPSA) is 44.8 Å². The predicted octanol–water partition coefficient (Wildman–Crippen LogP) is 2.97. The van der Waals surface area contributed by atoms with Crippen molar-refractivity contribution in [2.45, 2.75) is 33.3 Å². The molecule has 0 aromatic heterocycles. The van der Waals surface area contributed by atoms with Crippen LogP contribution in [0.15, 0.2) is 24.3 Å². The summed E-state index contributed by atoms with van der Waals surface area (Å²) in [5.41, 5.74) is 0.442. The number of ether oxygens (including phenoxy) is 1. The van der Waals surface area contributed by atoms with Gasteiger partial charge in [-0.15, -0.1) is 0 Å². The van der Waals surface area contributed by atoms with Gasteiger partial charge in [-0.05, 0) is 44.5 Å². The maximum atomic E-state index is 11.5. The molecule has 1 aromatic rings.